The maximum atomic E-state index is 11.2. The largest absolute Gasteiger partial charge is 0.485 e. The summed E-state index contributed by atoms with van der Waals surface area (Å²) in [5.41, 5.74) is 8.47. The Hall–Kier alpha value is -3.08. The van der Waals surface area contributed by atoms with Crippen LogP contribution in [0.4, 0.5) is 11.4 Å². The quantitative estimate of drug-likeness (QED) is 0.743. The summed E-state index contributed by atoms with van der Waals surface area (Å²) in [5.74, 6) is 0.0120. The average Bonchev–Trinajstić information content (AvgIpc) is 2.96. The maximum Gasteiger partial charge on any atom is 0.323 e. The van der Waals surface area contributed by atoms with Crippen LogP contribution >= 0.6 is 0 Å². The van der Waals surface area contributed by atoms with Gasteiger partial charge in [0.05, 0.1) is 11.0 Å². The molecule has 0 aromatic heterocycles. The highest BCUT2D eigenvalue weighted by atomic mass is 16.5. The van der Waals surface area contributed by atoms with Gasteiger partial charge in [-0.2, -0.15) is 4.58 Å². The third-order valence-electron chi connectivity index (χ3n) is 6.86. The van der Waals surface area contributed by atoms with Gasteiger partial charge in [-0.15, -0.1) is 0 Å². The van der Waals surface area contributed by atoms with Crippen molar-refractivity contribution in [3.05, 3.63) is 58.7 Å². The SMILES string of the molecule is CCN(CC(=O)O)c1ccc2c(c1)OC1CC[N+]3=C(C1=C2)C(C)(C)c1cc(C)ccc13. The summed E-state index contributed by atoms with van der Waals surface area (Å²) in [6, 6.07) is 12.8. The fraction of sp³-hybridized carbons (Fsp3) is 0.385. The van der Waals surface area contributed by atoms with E-state index in [2.05, 4.69) is 55.7 Å². The second-order valence-corrected chi connectivity index (χ2v) is 9.27. The van der Waals surface area contributed by atoms with Gasteiger partial charge in [0.15, 0.2) is 12.3 Å². The summed E-state index contributed by atoms with van der Waals surface area (Å²) in [7, 11) is 0. The molecule has 5 nitrogen and oxygen atoms in total. The molecule has 1 atom stereocenters. The van der Waals surface area contributed by atoms with E-state index in [4.69, 9.17) is 4.74 Å². The van der Waals surface area contributed by atoms with Gasteiger partial charge < -0.3 is 14.7 Å². The molecule has 3 aliphatic heterocycles. The first-order chi connectivity index (χ1) is 14.8. The number of hydrogen-bond acceptors (Lipinski definition) is 3. The van der Waals surface area contributed by atoms with Crippen LogP contribution < -0.4 is 9.64 Å². The molecule has 0 bridgehead atoms. The minimum absolute atomic E-state index is 0.0153. The van der Waals surface area contributed by atoms with Crippen molar-refractivity contribution in [1.29, 1.82) is 0 Å². The minimum atomic E-state index is -0.829. The van der Waals surface area contributed by atoms with Crippen LogP contribution in [-0.4, -0.2) is 47.1 Å². The van der Waals surface area contributed by atoms with Gasteiger partial charge in [0.2, 0.25) is 5.69 Å². The van der Waals surface area contributed by atoms with E-state index in [1.54, 1.807) is 0 Å². The van der Waals surface area contributed by atoms with Crippen LogP contribution in [0.2, 0.25) is 0 Å². The number of likely N-dealkylation sites (N-methyl/N-ethyl adjacent to an activating group) is 1. The van der Waals surface area contributed by atoms with E-state index in [0.29, 0.717) is 6.54 Å². The van der Waals surface area contributed by atoms with Crippen molar-refractivity contribution in [2.75, 3.05) is 24.5 Å². The number of carbonyl (C=O) groups is 1. The van der Waals surface area contributed by atoms with Gasteiger partial charge in [-0.25, -0.2) is 0 Å². The van der Waals surface area contributed by atoms with E-state index < -0.39 is 5.97 Å². The molecular weight excluding hydrogens is 388 g/mol. The monoisotopic (exact) mass is 417 g/mol. The van der Waals surface area contributed by atoms with Crippen LogP contribution in [0, 0.1) is 6.92 Å². The average molecular weight is 418 g/mol. The van der Waals surface area contributed by atoms with E-state index in [-0.39, 0.29) is 18.1 Å². The molecule has 2 aromatic rings. The fourth-order valence-electron chi connectivity index (χ4n) is 5.37. The van der Waals surface area contributed by atoms with E-state index >= 15 is 0 Å². The lowest BCUT2D eigenvalue weighted by atomic mass is 9.75. The molecule has 5 rings (SSSR count). The lowest BCUT2D eigenvalue weighted by molar-refractivity contribution is -0.444. The highest BCUT2D eigenvalue weighted by Gasteiger charge is 2.52. The molecule has 0 aliphatic carbocycles. The van der Waals surface area contributed by atoms with Crippen molar-refractivity contribution in [2.24, 2.45) is 0 Å². The number of carboxylic acids is 1. The second kappa shape index (κ2) is 6.98. The Morgan fingerprint density at radius 3 is 2.81 bits per heavy atom. The molecule has 0 amide bonds. The smallest absolute Gasteiger partial charge is 0.323 e. The molecule has 0 saturated heterocycles. The number of ether oxygens (including phenoxy) is 1. The number of hydrogen-bond donors (Lipinski definition) is 1. The minimum Gasteiger partial charge on any atom is -0.485 e. The van der Waals surface area contributed by atoms with Crippen molar-refractivity contribution in [3.8, 4) is 5.75 Å². The molecule has 1 N–H and O–H groups in total. The summed E-state index contributed by atoms with van der Waals surface area (Å²) in [4.78, 5) is 13.1. The molecule has 2 aromatic carbocycles. The number of nitrogens with zero attached hydrogens (tertiary/aromatic N) is 2. The van der Waals surface area contributed by atoms with E-state index in [0.717, 1.165) is 30.0 Å². The van der Waals surface area contributed by atoms with Crippen molar-refractivity contribution < 1.29 is 19.2 Å². The Morgan fingerprint density at radius 2 is 2.06 bits per heavy atom. The number of rotatable bonds is 4. The Kier molecular flexibility index (Phi) is 4.47. The Bertz CT molecular complexity index is 1160. The van der Waals surface area contributed by atoms with Gasteiger partial charge in [0.25, 0.3) is 0 Å². The summed E-state index contributed by atoms with van der Waals surface area (Å²) in [5, 5.41) is 9.21. The van der Waals surface area contributed by atoms with Crippen molar-refractivity contribution in [2.45, 2.75) is 45.6 Å². The Labute approximate surface area is 183 Å². The first kappa shape index (κ1) is 19.9. The standard InChI is InChI=1S/C26H28N2O3/c1-5-27(15-24(29)30)18-8-7-17-13-19-22(31-23(17)14-18)10-11-28-21-9-6-16(2)12-20(21)26(3,4)25(19)28/h6-9,12-14,22H,5,10-11,15H2,1-4H3/p+1. The van der Waals surface area contributed by atoms with Gasteiger partial charge in [-0.05, 0) is 52.0 Å². The second-order valence-electron chi connectivity index (χ2n) is 9.27. The van der Waals surface area contributed by atoms with Crippen LogP contribution in [0.25, 0.3) is 6.08 Å². The van der Waals surface area contributed by atoms with Crippen LogP contribution in [0.15, 0.2) is 42.0 Å². The zero-order valence-electron chi connectivity index (χ0n) is 18.6. The van der Waals surface area contributed by atoms with Crippen molar-refractivity contribution >= 4 is 29.1 Å². The molecule has 31 heavy (non-hydrogen) atoms. The number of fused-ring (bicyclic) bond motifs is 5. The maximum absolute atomic E-state index is 11.2. The molecule has 160 valence electrons. The lowest BCUT2D eigenvalue weighted by Gasteiger charge is -2.32. The van der Waals surface area contributed by atoms with Gasteiger partial charge in [0, 0.05) is 41.9 Å². The zero-order chi connectivity index (χ0) is 21.9. The van der Waals surface area contributed by atoms with Crippen molar-refractivity contribution in [3.63, 3.8) is 0 Å². The highest BCUT2D eigenvalue weighted by molar-refractivity contribution is 6.11. The summed E-state index contributed by atoms with van der Waals surface area (Å²) < 4.78 is 8.99. The van der Waals surface area contributed by atoms with E-state index in [1.807, 2.05) is 24.0 Å². The third kappa shape index (κ3) is 3.06. The number of aliphatic carboxylic acids is 1. The lowest BCUT2D eigenvalue weighted by Crippen LogP contribution is -2.42. The molecule has 3 aliphatic rings. The predicted octanol–water partition coefficient (Wildman–Crippen LogP) is 4.53. The molecule has 0 fully saturated rings. The van der Waals surface area contributed by atoms with Gasteiger partial charge in [-0.3, -0.25) is 4.79 Å². The Morgan fingerprint density at radius 1 is 1.26 bits per heavy atom. The molecular formula is C26H29N2O3+. The van der Waals surface area contributed by atoms with Crippen LogP contribution in [0.3, 0.4) is 0 Å². The number of anilines is 1. The van der Waals surface area contributed by atoms with E-state index in [1.165, 1.54) is 28.1 Å². The van der Waals surface area contributed by atoms with Crippen LogP contribution in [0.1, 0.15) is 43.9 Å². The number of carboxylic acid groups (broad SMARTS) is 1. The molecule has 3 heterocycles. The van der Waals surface area contributed by atoms with E-state index in [9.17, 15) is 9.90 Å². The summed E-state index contributed by atoms with van der Waals surface area (Å²) >= 11 is 0. The highest BCUT2D eigenvalue weighted by Crippen LogP contribution is 2.47. The van der Waals surface area contributed by atoms with Crippen molar-refractivity contribution in [1.82, 2.24) is 0 Å². The molecule has 0 saturated carbocycles. The normalized spacial score (nSPS) is 20.1. The number of benzene rings is 2. The first-order valence-corrected chi connectivity index (χ1v) is 11.0. The fourth-order valence-corrected chi connectivity index (χ4v) is 5.37. The van der Waals surface area contributed by atoms with Gasteiger partial charge >= 0.3 is 5.97 Å². The molecule has 5 heteroatoms. The molecule has 0 spiro atoms. The van der Waals surface area contributed by atoms with Crippen LogP contribution in [-0.2, 0) is 10.2 Å². The predicted molar refractivity (Wildman–Crippen MR) is 123 cm³/mol. The van der Waals surface area contributed by atoms with Gasteiger partial charge in [-0.1, -0.05) is 11.6 Å². The zero-order valence-corrected chi connectivity index (χ0v) is 18.6. The Balaban J connectivity index is 1.57. The molecule has 0 radical (unpaired) electrons. The topological polar surface area (TPSA) is 52.8 Å². The van der Waals surface area contributed by atoms with Gasteiger partial charge in [0.1, 0.15) is 18.4 Å². The first-order valence-electron chi connectivity index (χ1n) is 11.0. The number of aryl methyl sites for hydroxylation is 1. The van der Waals surface area contributed by atoms with Crippen LogP contribution in [0.5, 0.6) is 5.75 Å². The summed E-state index contributed by atoms with van der Waals surface area (Å²) in [6.45, 7) is 10.3. The summed E-state index contributed by atoms with van der Waals surface area (Å²) in [6.07, 6.45) is 3.23. The third-order valence-corrected chi connectivity index (χ3v) is 6.86. The molecule has 1 unspecified atom stereocenters.